The minimum absolute atomic E-state index is 0.129. The number of aliphatic hydroxyl groups excluding tert-OH is 1. The summed E-state index contributed by atoms with van der Waals surface area (Å²) >= 11 is 0. The van der Waals surface area contributed by atoms with Crippen LogP contribution in [0, 0.1) is 5.92 Å². The van der Waals surface area contributed by atoms with Gasteiger partial charge in [-0.1, -0.05) is 12.1 Å². The molecule has 3 heterocycles. The molecular formula is C25H35N7O3. The maximum Gasteiger partial charge on any atom is 0.222 e. The van der Waals surface area contributed by atoms with Crippen molar-refractivity contribution in [2.75, 3.05) is 38.0 Å². The van der Waals surface area contributed by atoms with Crippen LogP contribution in [0.4, 0.5) is 11.8 Å². The summed E-state index contributed by atoms with van der Waals surface area (Å²) in [5.74, 6) is 2.23. The van der Waals surface area contributed by atoms with Gasteiger partial charge in [-0.05, 0) is 49.7 Å². The topological polar surface area (TPSA) is 132 Å². The summed E-state index contributed by atoms with van der Waals surface area (Å²) in [6, 6.07) is 6.96. The van der Waals surface area contributed by atoms with Crippen molar-refractivity contribution in [1.29, 1.82) is 0 Å². The second kappa shape index (κ2) is 10.8. The van der Waals surface area contributed by atoms with Gasteiger partial charge in [0, 0.05) is 44.0 Å². The molecule has 3 aromatic rings. The van der Waals surface area contributed by atoms with Gasteiger partial charge in [0.25, 0.3) is 0 Å². The van der Waals surface area contributed by atoms with E-state index in [0.717, 1.165) is 62.3 Å². The summed E-state index contributed by atoms with van der Waals surface area (Å²) in [5.41, 5.74) is 9.68. The molecule has 1 aliphatic heterocycles. The number of aromatic nitrogens is 4. The average Bonchev–Trinajstić information content (AvgIpc) is 3.65. The molecule has 2 aliphatic rings. The summed E-state index contributed by atoms with van der Waals surface area (Å²) in [5, 5.41) is 21.3. The van der Waals surface area contributed by atoms with Gasteiger partial charge in [0.05, 0.1) is 19.9 Å². The summed E-state index contributed by atoms with van der Waals surface area (Å²) in [6.07, 6.45) is 6.80. The van der Waals surface area contributed by atoms with E-state index in [1.807, 2.05) is 4.68 Å². The molecule has 1 aliphatic carbocycles. The van der Waals surface area contributed by atoms with Gasteiger partial charge in [-0.3, -0.25) is 4.68 Å². The number of methoxy groups -OCH3 is 1. The Balaban J connectivity index is 1.36. The Bertz CT molecular complexity index is 1140. The third kappa shape index (κ3) is 5.66. The first-order chi connectivity index (χ1) is 17.1. The molecule has 35 heavy (non-hydrogen) atoms. The predicted molar refractivity (Wildman–Crippen MR) is 134 cm³/mol. The molecule has 2 fully saturated rings. The lowest BCUT2D eigenvalue weighted by atomic mass is 10.1. The summed E-state index contributed by atoms with van der Waals surface area (Å²) in [7, 11) is 1.70. The highest BCUT2D eigenvalue weighted by molar-refractivity contribution is 5.86. The molecule has 0 amide bonds. The SMILES string of the molecule is COc1cc(CNC2CCOCC2)ccc1Cn1ncc2nc(N)nc(N[C@H](CCO)C3CC3)c21. The van der Waals surface area contributed by atoms with Crippen LogP contribution in [0.25, 0.3) is 11.0 Å². The molecular weight excluding hydrogens is 446 g/mol. The molecule has 0 spiro atoms. The van der Waals surface area contributed by atoms with E-state index in [4.69, 9.17) is 15.2 Å². The van der Waals surface area contributed by atoms with Crippen molar-refractivity contribution in [2.24, 2.45) is 5.92 Å². The van der Waals surface area contributed by atoms with E-state index in [0.29, 0.717) is 36.3 Å². The number of hydrogen-bond donors (Lipinski definition) is 4. The molecule has 188 valence electrons. The fraction of sp³-hybridized carbons (Fsp3) is 0.560. The van der Waals surface area contributed by atoms with Crippen molar-refractivity contribution in [3.8, 4) is 5.75 Å². The lowest BCUT2D eigenvalue weighted by Gasteiger charge is -2.23. The minimum atomic E-state index is 0.129. The molecule has 5 N–H and O–H groups in total. The fourth-order valence-corrected chi connectivity index (χ4v) is 4.83. The number of hydrogen-bond acceptors (Lipinski definition) is 9. The lowest BCUT2D eigenvalue weighted by Crippen LogP contribution is -2.34. The van der Waals surface area contributed by atoms with Crippen LogP contribution >= 0.6 is 0 Å². The van der Waals surface area contributed by atoms with E-state index in [1.165, 1.54) is 5.56 Å². The fourth-order valence-electron chi connectivity index (χ4n) is 4.83. The Hall–Kier alpha value is -2.95. The van der Waals surface area contributed by atoms with Gasteiger partial charge in [0.1, 0.15) is 16.8 Å². The van der Waals surface area contributed by atoms with Gasteiger partial charge in [-0.2, -0.15) is 10.1 Å². The van der Waals surface area contributed by atoms with Gasteiger partial charge in [-0.25, -0.2) is 4.98 Å². The quantitative estimate of drug-likeness (QED) is 0.326. The maximum atomic E-state index is 9.52. The van der Waals surface area contributed by atoms with Crippen molar-refractivity contribution in [3.63, 3.8) is 0 Å². The van der Waals surface area contributed by atoms with Gasteiger partial charge in [0.2, 0.25) is 5.95 Å². The highest BCUT2D eigenvalue weighted by Gasteiger charge is 2.31. The van der Waals surface area contributed by atoms with Crippen molar-refractivity contribution < 1.29 is 14.6 Å². The monoisotopic (exact) mass is 481 g/mol. The maximum absolute atomic E-state index is 9.52. The number of aliphatic hydroxyl groups is 1. The van der Waals surface area contributed by atoms with E-state index in [-0.39, 0.29) is 18.6 Å². The number of anilines is 2. The van der Waals surface area contributed by atoms with Crippen LogP contribution < -0.4 is 21.1 Å². The van der Waals surface area contributed by atoms with E-state index in [2.05, 4.69) is 43.9 Å². The molecule has 1 saturated carbocycles. The summed E-state index contributed by atoms with van der Waals surface area (Å²) in [6.45, 7) is 3.08. The number of nitrogens with zero attached hydrogens (tertiary/aromatic N) is 4. The van der Waals surface area contributed by atoms with Crippen LogP contribution in [-0.2, 0) is 17.8 Å². The van der Waals surface area contributed by atoms with Crippen molar-refractivity contribution in [1.82, 2.24) is 25.1 Å². The smallest absolute Gasteiger partial charge is 0.222 e. The Morgan fingerprint density at radius 1 is 1.23 bits per heavy atom. The normalized spacial score (nSPS) is 17.5. The van der Waals surface area contributed by atoms with Crippen molar-refractivity contribution >= 4 is 22.8 Å². The number of ether oxygens (including phenoxy) is 2. The second-order valence-electron chi connectivity index (χ2n) is 9.48. The van der Waals surface area contributed by atoms with Crippen LogP contribution in [0.3, 0.4) is 0 Å². The van der Waals surface area contributed by atoms with E-state index >= 15 is 0 Å². The highest BCUT2D eigenvalue weighted by atomic mass is 16.5. The van der Waals surface area contributed by atoms with Gasteiger partial charge < -0.3 is 30.9 Å². The Morgan fingerprint density at radius 2 is 2.06 bits per heavy atom. The minimum Gasteiger partial charge on any atom is -0.496 e. The lowest BCUT2D eigenvalue weighted by molar-refractivity contribution is 0.0776. The number of benzene rings is 1. The Morgan fingerprint density at radius 3 is 2.80 bits per heavy atom. The number of fused-ring (bicyclic) bond motifs is 1. The van der Waals surface area contributed by atoms with Gasteiger partial charge >= 0.3 is 0 Å². The Kier molecular flexibility index (Phi) is 7.31. The van der Waals surface area contributed by atoms with Crippen LogP contribution in [0.15, 0.2) is 24.4 Å². The standard InChI is InChI=1S/C25H35N7O3/c1-34-22-12-16(13-27-19-7-10-35-11-8-19)2-3-18(22)15-32-23-21(14-28-32)30-25(26)31-24(23)29-20(6-9-33)17-4-5-17/h2-3,12,14,17,19-20,27,33H,4-11,13,15H2,1H3,(H3,26,29,30,31)/t20-/m1/s1. The third-order valence-electron chi connectivity index (χ3n) is 6.95. The molecule has 5 rings (SSSR count). The van der Waals surface area contributed by atoms with Crippen LogP contribution in [0.1, 0.15) is 43.2 Å². The van der Waals surface area contributed by atoms with Crippen molar-refractivity contribution in [2.45, 2.75) is 57.3 Å². The average molecular weight is 482 g/mol. The summed E-state index contributed by atoms with van der Waals surface area (Å²) < 4.78 is 13.1. The van der Waals surface area contributed by atoms with Gasteiger partial charge in [0.15, 0.2) is 5.82 Å². The van der Waals surface area contributed by atoms with Crippen LogP contribution in [-0.4, -0.2) is 63.9 Å². The van der Waals surface area contributed by atoms with E-state index < -0.39 is 0 Å². The number of nitrogens with two attached hydrogens (primary N) is 1. The number of nitrogens with one attached hydrogen (secondary N) is 2. The number of rotatable bonds is 11. The number of nitrogen functional groups attached to an aromatic ring is 1. The molecule has 2 aromatic heterocycles. The molecule has 0 radical (unpaired) electrons. The second-order valence-corrected chi connectivity index (χ2v) is 9.48. The Labute approximate surface area is 205 Å². The third-order valence-corrected chi connectivity index (χ3v) is 6.95. The zero-order valence-electron chi connectivity index (χ0n) is 20.2. The summed E-state index contributed by atoms with van der Waals surface area (Å²) in [4.78, 5) is 8.88. The van der Waals surface area contributed by atoms with Crippen LogP contribution in [0.2, 0.25) is 0 Å². The molecule has 10 nitrogen and oxygen atoms in total. The van der Waals surface area contributed by atoms with Gasteiger partial charge in [-0.15, -0.1) is 0 Å². The zero-order valence-corrected chi connectivity index (χ0v) is 20.2. The van der Waals surface area contributed by atoms with E-state index in [1.54, 1.807) is 13.3 Å². The van der Waals surface area contributed by atoms with E-state index in [9.17, 15) is 5.11 Å². The zero-order chi connectivity index (χ0) is 24.2. The highest BCUT2D eigenvalue weighted by Crippen LogP contribution is 2.36. The molecule has 10 heteroatoms. The first-order valence-electron chi connectivity index (χ1n) is 12.5. The molecule has 0 unspecified atom stereocenters. The van der Waals surface area contributed by atoms with Crippen LogP contribution in [0.5, 0.6) is 5.75 Å². The predicted octanol–water partition coefficient (Wildman–Crippen LogP) is 2.31. The van der Waals surface area contributed by atoms with Crippen molar-refractivity contribution in [3.05, 3.63) is 35.5 Å². The molecule has 1 aromatic carbocycles. The molecule has 1 saturated heterocycles. The first-order valence-corrected chi connectivity index (χ1v) is 12.5. The molecule has 0 bridgehead atoms. The molecule has 1 atom stereocenters. The first kappa shape index (κ1) is 23.8. The largest absolute Gasteiger partial charge is 0.496 e.